The Kier molecular flexibility index (Phi) is 4.94. The lowest BCUT2D eigenvalue weighted by Gasteiger charge is -2.07. The maximum absolute atomic E-state index is 12.9. The molecule has 0 aliphatic carbocycles. The Morgan fingerprint density at radius 3 is 2.73 bits per heavy atom. The number of ether oxygens (including phenoxy) is 1. The Bertz CT molecular complexity index is 1000. The number of esters is 1. The molecule has 136 valence electrons. The number of aromatic hydroxyl groups is 1. The zero-order valence-corrected chi connectivity index (χ0v) is 15.6. The Hall–Kier alpha value is -2.13. The lowest BCUT2D eigenvalue weighted by atomic mass is 10.1. The summed E-state index contributed by atoms with van der Waals surface area (Å²) in [5.74, 6) is -1.13. The van der Waals surface area contributed by atoms with E-state index in [1.807, 2.05) is 0 Å². The first-order valence-corrected chi connectivity index (χ1v) is 9.00. The zero-order chi connectivity index (χ0) is 19.1. The lowest BCUT2D eigenvalue weighted by molar-refractivity contribution is -0.137. The molecule has 3 rings (SSSR count). The van der Waals surface area contributed by atoms with Gasteiger partial charge in [-0.05, 0) is 46.6 Å². The summed E-state index contributed by atoms with van der Waals surface area (Å²) >= 11 is 4.30. The van der Waals surface area contributed by atoms with Crippen LogP contribution in [0, 0.1) is 0 Å². The molecular formula is C17H11BrF3NO3S. The summed E-state index contributed by atoms with van der Waals surface area (Å²) < 4.78 is 44.3. The van der Waals surface area contributed by atoms with Crippen LogP contribution in [0.5, 0.6) is 5.75 Å². The molecule has 0 fully saturated rings. The van der Waals surface area contributed by atoms with Gasteiger partial charge in [0.25, 0.3) is 0 Å². The number of carbonyl (C=O) groups excluding carboxylic acids is 1. The number of hydrogen-bond acceptors (Lipinski definition) is 5. The van der Waals surface area contributed by atoms with Crippen molar-refractivity contribution < 1.29 is 27.8 Å². The van der Waals surface area contributed by atoms with Gasteiger partial charge in [0.2, 0.25) is 0 Å². The van der Waals surface area contributed by atoms with E-state index in [4.69, 9.17) is 4.74 Å². The zero-order valence-electron chi connectivity index (χ0n) is 13.2. The predicted octanol–water partition coefficient (Wildman–Crippen LogP) is 5.63. The van der Waals surface area contributed by atoms with E-state index in [1.165, 1.54) is 6.07 Å². The van der Waals surface area contributed by atoms with E-state index in [0.29, 0.717) is 25.1 Å². The van der Waals surface area contributed by atoms with E-state index in [0.717, 1.165) is 23.5 Å². The second kappa shape index (κ2) is 6.88. The van der Waals surface area contributed by atoms with E-state index >= 15 is 0 Å². The summed E-state index contributed by atoms with van der Waals surface area (Å²) in [7, 11) is 0. The second-order valence-electron chi connectivity index (χ2n) is 5.25. The Balaban J connectivity index is 2.15. The third-order valence-corrected chi connectivity index (χ3v) is 5.34. The van der Waals surface area contributed by atoms with Crippen molar-refractivity contribution in [3.8, 4) is 16.2 Å². The average Bonchev–Trinajstić information content (AvgIpc) is 3.04. The monoisotopic (exact) mass is 445 g/mol. The van der Waals surface area contributed by atoms with Gasteiger partial charge in [-0.15, -0.1) is 11.3 Å². The summed E-state index contributed by atoms with van der Waals surface area (Å²) in [5.41, 5.74) is -0.658. The minimum atomic E-state index is -4.45. The Labute approximate surface area is 158 Å². The molecular weight excluding hydrogens is 435 g/mol. The van der Waals surface area contributed by atoms with Crippen LogP contribution in [0.1, 0.15) is 23.0 Å². The van der Waals surface area contributed by atoms with Crippen LogP contribution < -0.4 is 0 Å². The van der Waals surface area contributed by atoms with Crippen LogP contribution in [0.15, 0.2) is 34.9 Å². The number of thiophene rings is 1. The Morgan fingerprint density at radius 2 is 2.08 bits per heavy atom. The van der Waals surface area contributed by atoms with Gasteiger partial charge in [-0.2, -0.15) is 13.2 Å². The van der Waals surface area contributed by atoms with Crippen LogP contribution in [-0.2, 0) is 10.9 Å². The highest BCUT2D eigenvalue weighted by molar-refractivity contribution is 9.10. The molecule has 2 aromatic heterocycles. The van der Waals surface area contributed by atoms with Crippen molar-refractivity contribution in [3.05, 3.63) is 46.2 Å². The number of rotatable bonds is 3. The summed E-state index contributed by atoms with van der Waals surface area (Å²) in [6.07, 6.45) is -4.45. The number of halogens is 4. The van der Waals surface area contributed by atoms with Crippen LogP contribution in [0.25, 0.3) is 20.5 Å². The van der Waals surface area contributed by atoms with Gasteiger partial charge in [0.05, 0.1) is 16.9 Å². The first kappa shape index (κ1) is 18.7. The van der Waals surface area contributed by atoms with E-state index in [2.05, 4.69) is 20.9 Å². The van der Waals surface area contributed by atoms with E-state index in [9.17, 15) is 23.1 Å². The molecule has 0 spiro atoms. The maximum Gasteiger partial charge on any atom is 0.416 e. The number of benzene rings is 1. The largest absolute Gasteiger partial charge is 0.504 e. The normalized spacial score (nSPS) is 11.7. The molecule has 0 bridgehead atoms. The molecule has 0 aliphatic heterocycles. The highest BCUT2D eigenvalue weighted by Gasteiger charge is 2.30. The number of nitrogens with zero attached hydrogens (tertiary/aromatic N) is 1. The van der Waals surface area contributed by atoms with Crippen molar-refractivity contribution in [1.29, 1.82) is 0 Å². The molecule has 0 saturated heterocycles. The molecule has 1 N–H and O–H groups in total. The molecule has 0 unspecified atom stereocenters. The standard InChI is InChI=1S/C17H11BrF3NO3S/c1-2-25-16(24)12-13(23)14-10(15(18)22-12)7-11(26-14)8-4-3-5-9(6-8)17(19,20)21/h3-7,23H,2H2,1H3. The number of pyridine rings is 1. The van der Waals surface area contributed by atoms with Crippen LogP contribution in [0.2, 0.25) is 0 Å². The minimum Gasteiger partial charge on any atom is -0.504 e. The summed E-state index contributed by atoms with van der Waals surface area (Å²) in [4.78, 5) is 16.4. The number of hydrogen-bond donors (Lipinski definition) is 1. The fourth-order valence-corrected chi connectivity index (χ4v) is 4.09. The first-order chi connectivity index (χ1) is 12.2. The van der Waals surface area contributed by atoms with Crippen molar-refractivity contribution in [2.24, 2.45) is 0 Å². The fourth-order valence-electron chi connectivity index (χ4n) is 2.37. The van der Waals surface area contributed by atoms with Gasteiger partial charge >= 0.3 is 12.1 Å². The molecule has 0 aliphatic rings. The molecule has 2 heterocycles. The van der Waals surface area contributed by atoms with Gasteiger partial charge < -0.3 is 9.84 Å². The molecule has 1 aromatic carbocycles. The van der Waals surface area contributed by atoms with Crippen molar-refractivity contribution in [2.45, 2.75) is 13.1 Å². The average molecular weight is 446 g/mol. The summed E-state index contributed by atoms with van der Waals surface area (Å²) in [6.45, 7) is 1.74. The molecule has 4 nitrogen and oxygen atoms in total. The van der Waals surface area contributed by atoms with E-state index in [1.54, 1.807) is 19.1 Å². The topological polar surface area (TPSA) is 59.4 Å². The lowest BCUT2D eigenvalue weighted by Crippen LogP contribution is -2.07. The SMILES string of the molecule is CCOC(=O)c1nc(Br)c2cc(-c3cccc(C(F)(F)F)c3)sc2c1O. The highest BCUT2D eigenvalue weighted by Crippen LogP contribution is 2.43. The maximum atomic E-state index is 12.9. The van der Waals surface area contributed by atoms with Crippen molar-refractivity contribution in [2.75, 3.05) is 6.61 Å². The summed E-state index contributed by atoms with van der Waals surface area (Å²) in [5, 5.41) is 10.9. The van der Waals surface area contributed by atoms with Gasteiger partial charge in [-0.1, -0.05) is 12.1 Å². The molecule has 0 amide bonds. The second-order valence-corrected chi connectivity index (χ2v) is 7.06. The molecule has 0 saturated carbocycles. The predicted molar refractivity (Wildman–Crippen MR) is 95.4 cm³/mol. The first-order valence-electron chi connectivity index (χ1n) is 7.39. The van der Waals surface area contributed by atoms with Crippen LogP contribution in [0.3, 0.4) is 0 Å². The van der Waals surface area contributed by atoms with Crippen molar-refractivity contribution in [1.82, 2.24) is 4.98 Å². The molecule has 26 heavy (non-hydrogen) atoms. The van der Waals surface area contributed by atoms with Gasteiger partial charge in [0, 0.05) is 10.3 Å². The fraction of sp³-hybridized carbons (Fsp3) is 0.176. The number of carbonyl (C=O) groups is 1. The van der Waals surface area contributed by atoms with Crippen LogP contribution >= 0.6 is 27.3 Å². The van der Waals surface area contributed by atoms with Gasteiger partial charge in [0.1, 0.15) is 4.60 Å². The molecule has 9 heteroatoms. The number of aromatic nitrogens is 1. The third kappa shape index (κ3) is 3.41. The molecule has 0 radical (unpaired) electrons. The van der Waals surface area contributed by atoms with Crippen molar-refractivity contribution >= 4 is 43.3 Å². The highest BCUT2D eigenvalue weighted by atomic mass is 79.9. The van der Waals surface area contributed by atoms with Crippen LogP contribution in [0.4, 0.5) is 13.2 Å². The van der Waals surface area contributed by atoms with Crippen LogP contribution in [-0.4, -0.2) is 22.7 Å². The smallest absolute Gasteiger partial charge is 0.416 e. The van der Waals surface area contributed by atoms with E-state index in [-0.39, 0.29) is 18.1 Å². The summed E-state index contributed by atoms with van der Waals surface area (Å²) in [6, 6.07) is 6.51. The van der Waals surface area contributed by atoms with Crippen molar-refractivity contribution in [3.63, 3.8) is 0 Å². The number of alkyl halides is 3. The molecule has 3 aromatic rings. The van der Waals surface area contributed by atoms with Gasteiger partial charge in [-0.25, -0.2) is 9.78 Å². The third-order valence-electron chi connectivity index (χ3n) is 3.55. The molecule has 0 atom stereocenters. The number of fused-ring (bicyclic) bond motifs is 1. The quantitative estimate of drug-likeness (QED) is 0.419. The van der Waals surface area contributed by atoms with E-state index < -0.39 is 17.7 Å². The minimum absolute atomic E-state index is 0.121. The van der Waals surface area contributed by atoms with Gasteiger partial charge in [0.15, 0.2) is 11.4 Å². The van der Waals surface area contributed by atoms with Gasteiger partial charge in [-0.3, -0.25) is 0 Å². The Morgan fingerprint density at radius 1 is 1.35 bits per heavy atom.